The van der Waals surface area contributed by atoms with Gasteiger partial charge in [-0.1, -0.05) is 30.3 Å². The van der Waals surface area contributed by atoms with Crippen molar-refractivity contribution >= 4 is 11.6 Å². The fraction of sp³-hybridized carbons (Fsp3) is 0.375. The van der Waals surface area contributed by atoms with Gasteiger partial charge >= 0.3 is 0 Å². The molecule has 2 heteroatoms. The SMILES string of the molecule is OCCCC1=Cc2ccccc2/C1=C1/CCCO1. The molecule has 1 N–H and O–H groups in total. The topological polar surface area (TPSA) is 29.5 Å². The summed E-state index contributed by atoms with van der Waals surface area (Å²) in [5, 5.41) is 9.02. The van der Waals surface area contributed by atoms with E-state index in [1.54, 1.807) is 0 Å². The number of ether oxygens (including phenoxy) is 1. The van der Waals surface area contributed by atoms with Crippen LogP contribution in [0.4, 0.5) is 0 Å². The van der Waals surface area contributed by atoms with E-state index in [9.17, 15) is 0 Å². The van der Waals surface area contributed by atoms with Crippen molar-refractivity contribution in [3.05, 3.63) is 46.7 Å². The average molecular weight is 242 g/mol. The predicted molar refractivity (Wildman–Crippen MR) is 72.8 cm³/mol. The van der Waals surface area contributed by atoms with Gasteiger partial charge in [-0.3, -0.25) is 0 Å². The van der Waals surface area contributed by atoms with Gasteiger partial charge in [-0.05, 0) is 36.0 Å². The maximum Gasteiger partial charge on any atom is 0.104 e. The molecule has 1 heterocycles. The Hall–Kier alpha value is -1.54. The molecule has 0 bridgehead atoms. The van der Waals surface area contributed by atoms with Crippen molar-refractivity contribution in [3.8, 4) is 0 Å². The zero-order valence-corrected chi connectivity index (χ0v) is 10.5. The van der Waals surface area contributed by atoms with Crippen LogP contribution < -0.4 is 0 Å². The maximum atomic E-state index is 9.02. The Labute approximate surface area is 108 Å². The summed E-state index contributed by atoms with van der Waals surface area (Å²) in [7, 11) is 0. The Balaban J connectivity index is 2.02. The zero-order chi connectivity index (χ0) is 12.4. The summed E-state index contributed by atoms with van der Waals surface area (Å²) in [6, 6.07) is 8.47. The van der Waals surface area contributed by atoms with Gasteiger partial charge in [0.05, 0.1) is 6.61 Å². The fourth-order valence-corrected chi connectivity index (χ4v) is 2.78. The van der Waals surface area contributed by atoms with Gasteiger partial charge < -0.3 is 9.84 Å². The van der Waals surface area contributed by atoms with Crippen molar-refractivity contribution in [2.24, 2.45) is 0 Å². The van der Waals surface area contributed by atoms with E-state index in [2.05, 4.69) is 30.3 Å². The van der Waals surface area contributed by atoms with Crippen LogP contribution in [0, 0.1) is 0 Å². The smallest absolute Gasteiger partial charge is 0.104 e. The summed E-state index contributed by atoms with van der Waals surface area (Å²) in [5.41, 5.74) is 5.18. The summed E-state index contributed by atoms with van der Waals surface area (Å²) in [5.74, 6) is 1.14. The molecule has 2 aliphatic rings. The minimum atomic E-state index is 0.247. The van der Waals surface area contributed by atoms with Gasteiger partial charge in [0.1, 0.15) is 5.76 Å². The lowest BCUT2D eigenvalue weighted by Crippen LogP contribution is -1.93. The lowest BCUT2D eigenvalue weighted by atomic mass is 9.97. The molecule has 0 radical (unpaired) electrons. The molecule has 1 aliphatic carbocycles. The van der Waals surface area contributed by atoms with Gasteiger partial charge in [0, 0.05) is 18.6 Å². The van der Waals surface area contributed by atoms with Crippen molar-refractivity contribution in [3.63, 3.8) is 0 Å². The van der Waals surface area contributed by atoms with Crippen molar-refractivity contribution < 1.29 is 9.84 Å². The van der Waals surface area contributed by atoms with Crippen LogP contribution >= 0.6 is 0 Å². The first-order chi connectivity index (χ1) is 8.90. The van der Waals surface area contributed by atoms with Crippen molar-refractivity contribution in [2.75, 3.05) is 13.2 Å². The number of aliphatic hydroxyl groups excluding tert-OH is 1. The van der Waals surface area contributed by atoms with Crippen LogP contribution in [0.3, 0.4) is 0 Å². The third-order valence-electron chi connectivity index (χ3n) is 3.59. The number of hydrogen-bond donors (Lipinski definition) is 1. The zero-order valence-electron chi connectivity index (χ0n) is 10.5. The number of fused-ring (bicyclic) bond motifs is 1. The van der Waals surface area contributed by atoms with Crippen LogP contribution in [-0.2, 0) is 4.74 Å². The Morgan fingerprint density at radius 2 is 2.11 bits per heavy atom. The second-order valence-electron chi connectivity index (χ2n) is 4.83. The highest BCUT2D eigenvalue weighted by Crippen LogP contribution is 2.42. The summed E-state index contributed by atoms with van der Waals surface area (Å²) < 4.78 is 5.78. The molecule has 18 heavy (non-hydrogen) atoms. The molecule has 1 aliphatic heterocycles. The van der Waals surface area contributed by atoms with E-state index in [-0.39, 0.29) is 6.61 Å². The molecule has 1 aromatic rings. The van der Waals surface area contributed by atoms with E-state index in [0.717, 1.165) is 38.0 Å². The van der Waals surface area contributed by atoms with E-state index in [1.807, 2.05) is 0 Å². The second-order valence-corrected chi connectivity index (χ2v) is 4.83. The van der Waals surface area contributed by atoms with E-state index in [0.29, 0.717) is 0 Å². The monoisotopic (exact) mass is 242 g/mol. The van der Waals surface area contributed by atoms with Crippen molar-refractivity contribution in [2.45, 2.75) is 25.7 Å². The summed E-state index contributed by atoms with van der Waals surface area (Å²) >= 11 is 0. The summed E-state index contributed by atoms with van der Waals surface area (Å²) in [6.45, 7) is 1.09. The van der Waals surface area contributed by atoms with E-state index in [1.165, 1.54) is 22.3 Å². The highest BCUT2D eigenvalue weighted by molar-refractivity contribution is 5.95. The maximum absolute atomic E-state index is 9.02. The Morgan fingerprint density at radius 3 is 2.89 bits per heavy atom. The molecular weight excluding hydrogens is 224 g/mol. The Bertz CT molecular complexity index is 504. The molecule has 3 rings (SSSR count). The van der Waals surface area contributed by atoms with E-state index >= 15 is 0 Å². The van der Waals surface area contributed by atoms with Gasteiger partial charge in [0.15, 0.2) is 0 Å². The van der Waals surface area contributed by atoms with Gasteiger partial charge in [0.25, 0.3) is 0 Å². The first-order valence-electron chi connectivity index (χ1n) is 6.67. The largest absolute Gasteiger partial charge is 0.497 e. The molecule has 0 amide bonds. The molecule has 0 unspecified atom stereocenters. The predicted octanol–water partition coefficient (Wildman–Crippen LogP) is 3.38. The fourth-order valence-electron chi connectivity index (χ4n) is 2.78. The molecule has 94 valence electrons. The van der Waals surface area contributed by atoms with E-state index in [4.69, 9.17) is 9.84 Å². The molecular formula is C16H18O2. The molecule has 0 saturated carbocycles. The van der Waals surface area contributed by atoms with Gasteiger partial charge in [-0.25, -0.2) is 0 Å². The van der Waals surface area contributed by atoms with E-state index < -0.39 is 0 Å². The summed E-state index contributed by atoms with van der Waals surface area (Å²) in [6.07, 6.45) is 6.15. The van der Waals surface area contributed by atoms with Crippen LogP contribution in [0.25, 0.3) is 11.6 Å². The third-order valence-corrected chi connectivity index (χ3v) is 3.59. The Kier molecular flexibility index (Phi) is 3.20. The second kappa shape index (κ2) is 4.99. The van der Waals surface area contributed by atoms with Crippen LogP contribution in [0.15, 0.2) is 35.6 Å². The van der Waals surface area contributed by atoms with Crippen molar-refractivity contribution in [1.82, 2.24) is 0 Å². The number of allylic oxidation sites excluding steroid dienone is 3. The lowest BCUT2D eigenvalue weighted by molar-refractivity contribution is 0.265. The minimum absolute atomic E-state index is 0.247. The van der Waals surface area contributed by atoms with Crippen molar-refractivity contribution in [1.29, 1.82) is 0 Å². The number of benzene rings is 1. The highest BCUT2D eigenvalue weighted by atomic mass is 16.5. The average Bonchev–Trinajstić information content (AvgIpc) is 3.02. The first kappa shape index (κ1) is 11.5. The van der Waals surface area contributed by atoms with Gasteiger partial charge in [0.2, 0.25) is 0 Å². The quantitative estimate of drug-likeness (QED) is 0.880. The van der Waals surface area contributed by atoms with Crippen LogP contribution in [0.2, 0.25) is 0 Å². The molecule has 1 fully saturated rings. The first-order valence-corrected chi connectivity index (χ1v) is 6.67. The van der Waals surface area contributed by atoms with Gasteiger partial charge in [-0.2, -0.15) is 0 Å². The van der Waals surface area contributed by atoms with Crippen LogP contribution in [0.1, 0.15) is 36.8 Å². The number of hydrogen-bond acceptors (Lipinski definition) is 2. The Morgan fingerprint density at radius 1 is 1.22 bits per heavy atom. The molecule has 1 saturated heterocycles. The lowest BCUT2D eigenvalue weighted by Gasteiger charge is -2.10. The normalized spacial score (nSPS) is 21.7. The molecule has 0 aromatic heterocycles. The standard InChI is InChI=1S/C16H18O2/c17-9-3-6-13-11-12-5-1-2-7-14(12)16(13)15-8-4-10-18-15/h1-2,5,7,11,17H,3-4,6,8-10H2/b16-15-. The number of rotatable bonds is 3. The van der Waals surface area contributed by atoms with Gasteiger partial charge in [-0.15, -0.1) is 0 Å². The highest BCUT2D eigenvalue weighted by Gasteiger charge is 2.24. The van der Waals surface area contributed by atoms with Crippen LogP contribution in [0.5, 0.6) is 0 Å². The van der Waals surface area contributed by atoms with Crippen LogP contribution in [-0.4, -0.2) is 18.3 Å². The molecule has 1 aromatic carbocycles. The molecule has 2 nitrogen and oxygen atoms in total. The summed E-state index contributed by atoms with van der Waals surface area (Å²) in [4.78, 5) is 0. The third kappa shape index (κ3) is 1.97. The molecule has 0 atom stereocenters. The molecule has 0 spiro atoms. The minimum Gasteiger partial charge on any atom is -0.497 e. The number of aliphatic hydroxyl groups is 1.